The molecule has 0 saturated carbocycles. The molecule has 0 bridgehead atoms. The third-order valence-electron chi connectivity index (χ3n) is 2.82. The number of amides is 1. The molecule has 19 heavy (non-hydrogen) atoms. The maximum atomic E-state index is 11.8. The van der Waals surface area contributed by atoms with Crippen molar-refractivity contribution in [1.29, 1.82) is 0 Å². The molecule has 0 unspecified atom stereocenters. The monoisotopic (exact) mass is 264 g/mol. The minimum absolute atomic E-state index is 0.0249. The van der Waals surface area contributed by atoms with Crippen LogP contribution in [0.25, 0.3) is 0 Å². The van der Waals surface area contributed by atoms with Crippen molar-refractivity contribution in [3.05, 3.63) is 30.1 Å². The molecule has 0 aromatic carbocycles. The molecule has 106 valence electrons. The van der Waals surface area contributed by atoms with Crippen LogP contribution in [0.2, 0.25) is 0 Å². The Morgan fingerprint density at radius 2 is 2.26 bits per heavy atom. The smallest absolute Gasteiger partial charge is 0.246 e. The number of unbranched alkanes of at least 4 members (excludes halogenated alkanes) is 1. The van der Waals surface area contributed by atoms with Gasteiger partial charge >= 0.3 is 0 Å². The number of pyridine rings is 1. The highest BCUT2D eigenvalue weighted by Gasteiger charge is 2.14. The van der Waals surface area contributed by atoms with Gasteiger partial charge in [0.25, 0.3) is 0 Å². The highest BCUT2D eigenvalue weighted by Crippen LogP contribution is 2.18. The van der Waals surface area contributed by atoms with Crippen LogP contribution in [0.1, 0.15) is 51.6 Å². The molecule has 0 aliphatic rings. The van der Waals surface area contributed by atoms with Gasteiger partial charge in [0.1, 0.15) is 6.61 Å². The van der Waals surface area contributed by atoms with Gasteiger partial charge in [0, 0.05) is 12.4 Å². The lowest BCUT2D eigenvalue weighted by Gasteiger charge is -2.19. The van der Waals surface area contributed by atoms with E-state index in [1.165, 1.54) is 0 Å². The molecule has 1 N–H and O–H groups in total. The predicted octanol–water partition coefficient (Wildman–Crippen LogP) is 2.85. The van der Waals surface area contributed by atoms with Crippen molar-refractivity contribution in [2.45, 2.75) is 52.2 Å². The minimum atomic E-state index is -0.0707. The average molecular weight is 264 g/mol. The molecular weight excluding hydrogens is 240 g/mol. The highest BCUT2D eigenvalue weighted by atomic mass is 16.5. The van der Waals surface area contributed by atoms with E-state index in [4.69, 9.17) is 4.74 Å². The molecule has 0 aliphatic carbocycles. The molecule has 0 fully saturated rings. The lowest BCUT2D eigenvalue weighted by atomic mass is 10.0. The van der Waals surface area contributed by atoms with Gasteiger partial charge < -0.3 is 10.1 Å². The molecule has 1 heterocycles. The summed E-state index contributed by atoms with van der Waals surface area (Å²) in [6, 6.07) is 3.92. The van der Waals surface area contributed by atoms with Gasteiger partial charge in [0.2, 0.25) is 5.91 Å². The first-order valence-electron chi connectivity index (χ1n) is 6.94. The van der Waals surface area contributed by atoms with Gasteiger partial charge in [-0.1, -0.05) is 25.8 Å². The van der Waals surface area contributed by atoms with Crippen LogP contribution in [0.4, 0.5) is 0 Å². The number of rotatable bonds is 8. The van der Waals surface area contributed by atoms with Gasteiger partial charge in [-0.25, -0.2) is 0 Å². The molecule has 0 aliphatic heterocycles. The number of nitrogens with one attached hydrogen (secondary N) is 1. The summed E-state index contributed by atoms with van der Waals surface area (Å²) in [7, 11) is 0. The van der Waals surface area contributed by atoms with Crippen LogP contribution in [0, 0.1) is 0 Å². The molecule has 0 radical (unpaired) electrons. The van der Waals surface area contributed by atoms with Crippen molar-refractivity contribution >= 4 is 5.91 Å². The predicted molar refractivity (Wildman–Crippen MR) is 75.7 cm³/mol. The summed E-state index contributed by atoms with van der Waals surface area (Å²) < 4.78 is 5.32. The van der Waals surface area contributed by atoms with Gasteiger partial charge in [-0.15, -0.1) is 0 Å². The Morgan fingerprint density at radius 3 is 2.84 bits per heavy atom. The van der Waals surface area contributed by atoms with Crippen molar-refractivity contribution in [1.82, 2.24) is 10.3 Å². The SMILES string of the molecule is CCCC[C@H](NC(=O)COC(C)C)c1cccnc1. The van der Waals surface area contributed by atoms with Gasteiger partial charge in [-0.2, -0.15) is 0 Å². The summed E-state index contributed by atoms with van der Waals surface area (Å²) in [6.45, 7) is 6.09. The minimum Gasteiger partial charge on any atom is -0.369 e. The third-order valence-corrected chi connectivity index (χ3v) is 2.82. The van der Waals surface area contributed by atoms with E-state index < -0.39 is 0 Å². The third kappa shape index (κ3) is 6.34. The van der Waals surface area contributed by atoms with Gasteiger partial charge in [-0.05, 0) is 31.9 Å². The Kier molecular flexibility index (Phi) is 7.11. The average Bonchev–Trinajstić information content (AvgIpc) is 2.42. The summed E-state index contributed by atoms with van der Waals surface area (Å²) >= 11 is 0. The normalized spacial score (nSPS) is 12.4. The number of nitrogens with zero attached hydrogens (tertiary/aromatic N) is 1. The lowest BCUT2D eigenvalue weighted by molar-refractivity contribution is -0.127. The zero-order chi connectivity index (χ0) is 14.1. The second-order valence-corrected chi connectivity index (χ2v) is 4.91. The first-order chi connectivity index (χ1) is 9.13. The Morgan fingerprint density at radius 1 is 1.47 bits per heavy atom. The van der Waals surface area contributed by atoms with Gasteiger partial charge in [-0.3, -0.25) is 9.78 Å². The van der Waals surface area contributed by atoms with Crippen molar-refractivity contribution in [3.63, 3.8) is 0 Å². The molecule has 1 aromatic heterocycles. The van der Waals surface area contributed by atoms with Crippen molar-refractivity contribution in [2.24, 2.45) is 0 Å². The largest absolute Gasteiger partial charge is 0.369 e. The Hall–Kier alpha value is -1.42. The van der Waals surface area contributed by atoms with Gasteiger partial charge in [0.05, 0.1) is 12.1 Å². The summed E-state index contributed by atoms with van der Waals surface area (Å²) in [5.74, 6) is -0.0707. The molecule has 4 heteroatoms. The molecule has 0 spiro atoms. The zero-order valence-electron chi connectivity index (χ0n) is 12.1. The van der Waals surface area contributed by atoms with E-state index in [1.807, 2.05) is 32.2 Å². The topological polar surface area (TPSA) is 51.2 Å². The molecule has 0 saturated heterocycles. The zero-order valence-corrected chi connectivity index (χ0v) is 12.1. The van der Waals surface area contributed by atoms with Crippen LogP contribution >= 0.6 is 0 Å². The van der Waals surface area contributed by atoms with E-state index in [0.29, 0.717) is 0 Å². The number of hydrogen-bond acceptors (Lipinski definition) is 3. The Balaban J connectivity index is 2.57. The maximum Gasteiger partial charge on any atom is 0.246 e. The van der Waals surface area contributed by atoms with Crippen molar-refractivity contribution in [3.8, 4) is 0 Å². The molecular formula is C15H24N2O2. The summed E-state index contributed by atoms with van der Waals surface area (Å²) in [6.07, 6.45) is 6.72. The highest BCUT2D eigenvalue weighted by molar-refractivity contribution is 5.77. The molecule has 1 aromatic rings. The van der Waals surface area contributed by atoms with E-state index in [-0.39, 0.29) is 24.7 Å². The standard InChI is InChI=1S/C15H24N2O2/c1-4-5-8-14(13-7-6-9-16-10-13)17-15(18)11-19-12(2)3/h6-7,9-10,12,14H,4-5,8,11H2,1-3H3,(H,17,18)/t14-/m0/s1. The number of ether oxygens (including phenoxy) is 1. The van der Waals surface area contributed by atoms with Crippen LogP contribution < -0.4 is 5.32 Å². The van der Waals surface area contributed by atoms with E-state index in [0.717, 1.165) is 24.8 Å². The first kappa shape index (κ1) is 15.6. The summed E-state index contributed by atoms with van der Waals surface area (Å²) in [5.41, 5.74) is 1.05. The van der Waals surface area contributed by atoms with Crippen LogP contribution in [0.15, 0.2) is 24.5 Å². The van der Waals surface area contributed by atoms with E-state index in [9.17, 15) is 4.79 Å². The Bertz CT molecular complexity index is 366. The maximum absolute atomic E-state index is 11.8. The van der Waals surface area contributed by atoms with Crippen LogP contribution in [-0.4, -0.2) is 23.6 Å². The lowest BCUT2D eigenvalue weighted by Crippen LogP contribution is -2.32. The fourth-order valence-corrected chi connectivity index (χ4v) is 1.79. The van der Waals surface area contributed by atoms with Crippen molar-refractivity contribution in [2.75, 3.05) is 6.61 Å². The fourth-order valence-electron chi connectivity index (χ4n) is 1.79. The number of hydrogen-bond donors (Lipinski definition) is 1. The van der Waals surface area contributed by atoms with E-state index in [1.54, 1.807) is 6.20 Å². The van der Waals surface area contributed by atoms with Crippen molar-refractivity contribution < 1.29 is 9.53 Å². The Labute approximate surface area is 115 Å². The molecule has 1 rings (SSSR count). The van der Waals surface area contributed by atoms with E-state index in [2.05, 4.69) is 17.2 Å². The molecule has 1 amide bonds. The van der Waals surface area contributed by atoms with Crippen LogP contribution in [0.3, 0.4) is 0 Å². The molecule has 1 atom stereocenters. The quantitative estimate of drug-likeness (QED) is 0.785. The van der Waals surface area contributed by atoms with Gasteiger partial charge in [0.15, 0.2) is 0 Å². The summed E-state index contributed by atoms with van der Waals surface area (Å²) in [5, 5.41) is 3.02. The fraction of sp³-hybridized carbons (Fsp3) is 0.600. The number of carbonyl (C=O) groups excluding carboxylic acids is 1. The van der Waals surface area contributed by atoms with Crippen LogP contribution in [0.5, 0.6) is 0 Å². The number of aromatic nitrogens is 1. The first-order valence-corrected chi connectivity index (χ1v) is 6.94. The second kappa shape index (κ2) is 8.64. The second-order valence-electron chi connectivity index (χ2n) is 4.91. The number of carbonyl (C=O) groups is 1. The molecule has 4 nitrogen and oxygen atoms in total. The van der Waals surface area contributed by atoms with Crippen LogP contribution in [-0.2, 0) is 9.53 Å². The van der Waals surface area contributed by atoms with E-state index >= 15 is 0 Å². The summed E-state index contributed by atoms with van der Waals surface area (Å²) in [4.78, 5) is 16.0.